The molecule has 1 aliphatic heterocycles. The number of carbonyl (C=O) groups is 2. The van der Waals surface area contributed by atoms with Gasteiger partial charge in [0.25, 0.3) is 0 Å². The van der Waals surface area contributed by atoms with E-state index in [1.165, 1.54) is 0 Å². The molecular weight excluding hydrogens is 334 g/mol. The fourth-order valence-corrected chi connectivity index (χ4v) is 3.32. The summed E-state index contributed by atoms with van der Waals surface area (Å²) in [6, 6.07) is 5.40. The number of aliphatic carboxylic acids is 1. The molecule has 1 heterocycles. The molecule has 0 saturated heterocycles. The minimum absolute atomic E-state index is 0.0118. The summed E-state index contributed by atoms with van der Waals surface area (Å²) in [6.07, 6.45) is 4.52. The molecule has 0 aliphatic carbocycles. The van der Waals surface area contributed by atoms with Crippen molar-refractivity contribution < 1.29 is 14.7 Å². The second-order valence-electron chi connectivity index (χ2n) is 5.61. The van der Waals surface area contributed by atoms with Gasteiger partial charge in [-0.1, -0.05) is 48.5 Å². The third kappa shape index (κ3) is 3.28. The van der Waals surface area contributed by atoms with Gasteiger partial charge in [-0.25, -0.2) is 0 Å². The average Bonchev–Trinajstić information content (AvgIpc) is 2.43. The highest BCUT2D eigenvalue weighted by atomic mass is 79.9. The number of halogens is 1. The number of hydrogen-bond donors (Lipinski definition) is 2. The van der Waals surface area contributed by atoms with E-state index in [-0.39, 0.29) is 12.3 Å². The van der Waals surface area contributed by atoms with E-state index in [0.717, 1.165) is 30.2 Å². The topological polar surface area (TPSA) is 66.4 Å². The molecule has 0 bridgehead atoms. The maximum Gasteiger partial charge on any atom is 0.314 e. The molecule has 0 unspecified atom stereocenters. The van der Waals surface area contributed by atoms with Gasteiger partial charge in [-0.05, 0) is 30.2 Å². The Balaban J connectivity index is 2.38. The predicted molar refractivity (Wildman–Crippen MR) is 85.5 cm³/mol. The number of anilines is 1. The first kappa shape index (κ1) is 16.0. The zero-order valence-electron chi connectivity index (χ0n) is 12.1. The van der Waals surface area contributed by atoms with Crippen LogP contribution in [0.2, 0.25) is 0 Å². The maximum atomic E-state index is 12.0. The van der Waals surface area contributed by atoms with Crippen molar-refractivity contribution in [1.29, 1.82) is 0 Å². The molecule has 1 aromatic carbocycles. The zero-order valence-corrected chi connectivity index (χ0v) is 13.7. The van der Waals surface area contributed by atoms with E-state index in [0.29, 0.717) is 17.7 Å². The Morgan fingerprint density at radius 1 is 1.38 bits per heavy atom. The number of fused-ring (bicyclic) bond motifs is 1. The van der Waals surface area contributed by atoms with Crippen LogP contribution in [0.15, 0.2) is 22.7 Å². The Hall–Kier alpha value is -1.36. The Labute approximate surface area is 133 Å². The average molecular weight is 354 g/mol. The number of unbranched alkanes of at least 4 members (excludes halogenated alkanes) is 3. The van der Waals surface area contributed by atoms with Crippen molar-refractivity contribution in [3.05, 3.63) is 28.2 Å². The standard InChI is InChI=1S/C16H20BrNO3/c1-2-3-4-5-8-16(15(20)21)10-14(19)18-13-7-6-11(17)9-12(13)16/h6-7,9H,2-5,8,10H2,1H3,(H,18,19)(H,20,21)/t16-/m0/s1. The SMILES string of the molecule is CCCCCC[C@]1(C(=O)O)CC(=O)Nc2ccc(Br)cc21. The van der Waals surface area contributed by atoms with Crippen LogP contribution in [0.4, 0.5) is 5.69 Å². The van der Waals surface area contributed by atoms with Crippen molar-refractivity contribution in [3.63, 3.8) is 0 Å². The lowest BCUT2D eigenvalue weighted by Gasteiger charge is -2.35. The quantitative estimate of drug-likeness (QED) is 0.757. The van der Waals surface area contributed by atoms with Gasteiger partial charge in [0.1, 0.15) is 5.41 Å². The van der Waals surface area contributed by atoms with Gasteiger partial charge in [0, 0.05) is 16.6 Å². The van der Waals surface area contributed by atoms with E-state index in [1.54, 1.807) is 6.07 Å². The van der Waals surface area contributed by atoms with Crippen LogP contribution in [-0.4, -0.2) is 17.0 Å². The second kappa shape index (κ2) is 6.60. The molecular formula is C16H20BrNO3. The van der Waals surface area contributed by atoms with Crippen LogP contribution >= 0.6 is 15.9 Å². The number of carboxylic acid groups (broad SMARTS) is 1. The third-order valence-electron chi connectivity index (χ3n) is 4.10. The van der Waals surface area contributed by atoms with E-state index in [2.05, 4.69) is 28.2 Å². The molecule has 4 nitrogen and oxygen atoms in total. The van der Waals surface area contributed by atoms with Gasteiger partial charge in [0.05, 0.1) is 0 Å². The number of carboxylic acids is 1. The number of hydrogen-bond acceptors (Lipinski definition) is 2. The van der Waals surface area contributed by atoms with Gasteiger partial charge in [-0.2, -0.15) is 0 Å². The van der Waals surface area contributed by atoms with Crippen LogP contribution < -0.4 is 5.32 Å². The molecule has 1 atom stereocenters. The Kier molecular flexibility index (Phi) is 5.04. The summed E-state index contributed by atoms with van der Waals surface area (Å²) in [4.78, 5) is 23.9. The molecule has 0 saturated carbocycles. The Morgan fingerprint density at radius 2 is 2.14 bits per heavy atom. The fraction of sp³-hybridized carbons (Fsp3) is 0.500. The summed E-state index contributed by atoms with van der Waals surface area (Å²) in [5, 5.41) is 12.6. The minimum Gasteiger partial charge on any atom is -0.481 e. The Morgan fingerprint density at radius 3 is 2.81 bits per heavy atom. The molecule has 2 N–H and O–H groups in total. The van der Waals surface area contributed by atoms with Crippen molar-refractivity contribution >= 4 is 33.5 Å². The lowest BCUT2D eigenvalue weighted by atomic mass is 9.71. The van der Waals surface area contributed by atoms with Crippen LogP contribution in [0.5, 0.6) is 0 Å². The lowest BCUT2D eigenvalue weighted by Crippen LogP contribution is -2.43. The van der Waals surface area contributed by atoms with E-state index in [9.17, 15) is 14.7 Å². The smallest absolute Gasteiger partial charge is 0.314 e. The summed E-state index contributed by atoms with van der Waals surface area (Å²) in [6.45, 7) is 2.12. The van der Waals surface area contributed by atoms with Crippen molar-refractivity contribution in [2.45, 2.75) is 50.9 Å². The van der Waals surface area contributed by atoms with Gasteiger partial charge in [-0.15, -0.1) is 0 Å². The molecule has 1 aromatic rings. The number of nitrogens with one attached hydrogen (secondary N) is 1. The van der Waals surface area contributed by atoms with Crippen LogP contribution in [0.1, 0.15) is 51.0 Å². The van der Waals surface area contributed by atoms with Gasteiger partial charge in [-0.3, -0.25) is 9.59 Å². The molecule has 114 valence electrons. The minimum atomic E-state index is -1.10. The maximum absolute atomic E-state index is 12.0. The number of benzene rings is 1. The first-order valence-corrected chi connectivity index (χ1v) is 8.12. The van der Waals surface area contributed by atoms with Crippen LogP contribution in [0.3, 0.4) is 0 Å². The van der Waals surface area contributed by atoms with Crippen molar-refractivity contribution in [2.75, 3.05) is 5.32 Å². The van der Waals surface area contributed by atoms with Gasteiger partial charge < -0.3 is 10.4 Å². The fourth-order valence-electron chi connectivity index (χ4n) is 2.96. The molecule has 0 fully saturated rings. The van der Waals surface area contributed by atoms with Crippen LogP contribution in [0, 0.1) is 0 Å². The molecule has 0 spiro atoms. The van der Waals surface area contributed by atoms with E-state index in [1.807, 2.05) is 12.1 Å². The second-order valence-corrected chi connectivity index (χ2v) is 6.53. The first-order valence-electron chi connectivity index (χ1n) is 7.33. The highest BCUT2D eigenvalue weighted by Crippen LogP contribution is 2.43. The van der Waals surface area contributed by atoms with E-state index >= 15 is 0 Å². The first-order chi connectivity index (χ1) is 9.99. The third-order valence-corrected chi connectivity index (χ3v) is 4.59. The number of rotatable bonds is 6. The molecule has 1 aliphatic rings. The summed E-state index contributed by atoms with van der Waals surface area (Å²) >= 11 is 3.39. The highest BCUT2D eigenvalue weighted by Gasteiger charge is 2.46. The van der Waals surface area contributed by atoms with Crippen LogP contribution in [0.25, 0.3) is 0 Å². The van der Waals surface area contributed by atoms with Gasteiger partial charge in [0.2, 0.25) is 5.91 Å². The van der Waals surface area contributed by atoms with Crippen molar-refractivity contribution in [2.24, 2.45) is 0 Å². The Bertz CT molecular complexity index is 558. The predicted octanol–water partition coefficient (Wildman–Crippen LogP) is 4.08. The molecule has 2 rings (SSSR count). The summed E-state index contributed by atoms with van der Waals surface area (Å²) in [7, 11) is 0. The molecule has 5 heteroatoms. The lowest BCUT2D eigenvalue weighted by molar-refractivity contribution is -0.146. The molecule has 0 radical (unpaired) electrons. The largest absolute Gasteiger partial charge is 0.481 e. The molecule has 21 heavy (non-hydrogen) atoms. The van der Waals surface area contributed by atoms with Gasteiger partial charge in [0.15, 0.2) is 0 Å². The van der Waals surface area contributed by atoms with Gasteiger partial charge >= 0.3 is 5.97 Å². The zero-order chi connectivity index (χ0) is 15.5. The summed E-state index contributed by atoms with van der Waals surface area (Å²) < 4.78 is 0.830. The highest BCUT2D eigenvalue weighted by molar-refractivity contribution is 9.10. The molecule has 0 aromatic heterocycles. The number of amides is 1. The van der Waals surface area contributed by atoms with E-state index < -0.39 is 11.4 Å². The monoisotopic (exact) mass is 353 g/mol. The summed E-state index contributed by atoms with van der Waals surface area (Å²) in [5.74, 6) is -1.13. The van der Waals surface area contributed by atoms with E-state index in [4.69, 9.17) is 0 Å². The normalized spacial score (nSPS) is 20.8. The van der Waals surface area contributed by atoms with Crippen LogP contribution in [-0.2, 0) is 15.0 Å². The number of carbonyl (C=O) groups excluding carboxylic acids is 1. The summed E-state index contributed by atoms with van der Waals surface area (Å²) in [5.41, 5.74) is 0.225. The van der Waals surface area contributed by atoms with Crippen molar-refractivity contribution in [1.82, 2.24) is 0 Å². The van der Waals surface area contributed by atoms with Crippen molar-refractivity contribution in [3.8, 4) is 0 Å². The molecule has 1 amide bonds.